The second-order valence-electron chi connectivity index (χ2n) is 5.53. The molecule has 3 rings (SSSR count). The van der Waals surface area contributed by atoms with Gasteiger partial charge in [-0.3, -0.25) is 4.79 Å². The zero-order valence-corrected chi connectivity index (χ0v) is 14.5. The van der Waals surface area contributed by atoms with Gasteiger partial charge < -0.3 is 15.0 Å². The number of piperidine rings is 1. The van der Waals surface area contributed by atoms with Crippen LogP contribution in [0.25, 0.3) is 0 Å². The molecule has 1 aromatic carbocycles. The van der Waals surface area contributed by atoms with Crippen LogP contribution >= 0.6 is 22.9 Å². The highest BCUT2D eigenvalue weighted by atomic mass is 35.5. The first-order chi connectivity index (χ1) is 11.2. The highest BCUT2D eigenvalue weighted by Gasteiger charge is 2.18. The van der Waals surface area contributed by atoms with Crippen molar-refractivity contribution in [2.24, 2.45) is 0 Å². The Labute approximate surface area is 145 Å². The van der Waals surface area contributed by atoms with Crippen LogP contribution < -0.4 is 10.2 Å². The van der Waals surface area contributed by atoms with Crippen molar-refractivity contribution in [2.75, 3.05) is 30.4 Å². The maximum atomic E-state index is 12.1. The van der Waals surface area contributed by atoms with Gasteiger partial charge in [-0.2, -0.15) is 0 Å². The summed E-state index contributed by atoms with van der Waals surface area (Å²) in [5, 5.41) is 2.89. The summed E-state index contributed by atoms with van der Waals surface area (Å²) in [4.78, 5) is 15.1. The molecular weight excluding hydrogens is 332 g/mol. The molecular formula is C17H19ClN2O2S. The Bertz CT molecular complexity index is 663. The lowest BCUT2D eigenvalue weighted by Crippen LogP contribution is -2.36. The average Bonchev–Trinajstić information content (AvgIpc) is 3.02. The number of carbonyl (C=O) groups is 1. The van der Waals surface area contributed by atoms with E-state index < -0.39 is 0 Å². The molecule has 0 radical (unpaired) electrons. The summed E-state index contributed by atoms with van der Waals surface area (Å²) in [6.45, 7) is 2.00. The minimum Gasteiger partial charge on any atom is -0.381 e. The van der Waals surface area contributed by atoms with E-state index in [0.717, 1.165) is 31.6 Å². The Balaban J connectivity index is 1.60. The summed E-state index contributed by atoms with van der Waals surface area (Å²) in [5.74, 6) is -0.129. The number of amides is 1. The lowest BCUT2D eigenvalue weighted by atomic mass is 10.1. The molecule has 0 bridgehead atoms. The average molecular weight is 351 g/mol. The summed E-state index contributed by atoms with van der Waals surface area (Å²) < 4.78 is 6.02. The molecule has 1 aromatic heterocycles. The number of rotatable bonds is 4. The zero-order chi connectivity index (χ0) is 16.2. The van der Waals surface area contributed by atoms with Gasteiger partial charge in [0.15, 0.2) is 0 Å². The van der Waals surface area contributed by atoms with Crippen molar-refractivity contribution in [3.63, 3.8) is 0 Å². The number of nitrogens with one attached hydrogen (secondary N) is 1. The van der Waals surface area contributed by atoms with Crippen LogP contribution in [0.4, 0.5) is 11.4 Å². The van der Waals surface area contributed by atoms with E-state index in [1.54, 1.807) is 19.2 Å². The van der Waals surface area contributed by atoms with Gasteiger partial charge in [-0.1, -0.05) is 11.6 Å². The molecule has 23 heavy (non-hydrogen) atoms. The summed E-state index contributed by atoms with van der Waals surface area (Å²) >= 11 is 7.14. The normalized spacial score (nSPS) is 15.7. The third kappa shape index (κ3) is 4.05. The van der Waals surface area contributed by atoms with Crippen LogP contribution in [0, 0.1) is 0 Å². The van der Waals surface area contributed by atoms with E-state index in [2.05, 4.69) is 10.2 Å². The van der Waals surface area contributed by atoms with Crippen molar-refractivity contribution in [3.05, 3.63) is 45.6 Å². The largest absolute Gasteiger partial charge is 0.381 e. The third-order valence-corrected chi connectivity index (χ3v) is 5.29. The molecule has 2 heterocycles. The zero-order valence-electron chi connectivity index (χ0n) is 12.9. The smallest absolute Gasteiger partial charge is 0.265 e. The number of halogens is 1. The van der Waals surface area contributed by atoms with Gasteiger partial charge in [-0.15, -0.1) is 11.3 Å². The van der Waals surface area contributed by atoms with Crippen molar-refractivity contribution >= 4 is 40.2 Å². The number of ether oxygens (including phenoxy) is 1. The van der Waals surface area contributed by atoms with Gasteiger partial charge in [0, 0.05) is 31.6 Å². The monoisotopic (exact) mass is 350 g/mol. The fourth-order valence-corrected chi connectivity index (χ4v) is 3.67. The Morgan fingerprint density at radius 2 is 1.91 bits per heavy atom. The lowest BCUT2D eigenvalue weighted by molar-refractivity contribution is 0.0819. The van der Waals surface area contributed by atoms with Crippen LogP contribution in [-0.2, 0) is 4.74 Å². The SMILES string of the molecule is COC1CCN(c2ccc(NC(=O)c3ccc(Cl)s3)cc2)CC1. The molecule has 1 aliphatic heterocycles. The van der Waals surface area contributed by atoms with Gasteiger partial charge in [0.2, 0.25) is 0 Å². The molecule has 1 aliphatic rings. The molecule has 6 heteroatoms. The van der Waals surface area contributed by atoms with Gasteiger partial charge in [-0.25, -0.2) is 0 Å². The maximum Gasteiger partial charge on any atom is 0.265 e. The van der Waals surface area contributed by atoms with Crippen molar-refractivity contribution in [2.45, 2.75) is 18.9 Å². The Morgan fingerprint density at radius 1 is 1.22 bits per heavy atom. The van der Waals surface area contributed by atoms with Gasteiger partial charge >= 0.3 is 0 Å². The van der Waals surface area contributed by atoms with E-state index in [9.17, 15) is 4.79 Å². The maximum absolute atomic E-state index is 12.1. The van der Waals surface area contributed by atoms with E-state index in [1.165, 1.54) is 17.0 Å². The van der Waals surface area contributed by atoms with E-state index in [1.807, 2.05) is 24.3 Å². The van der Waals surface area contributed by atoms with Crippen molar-refractivity contribution in [1.82, 2.24) is 0 Å². The second-order valence-corrected chi connectivity index (χ2v) is 7.24. The van der Waals surface area contributed by atoms with Crippen molar-refractivity contribution < 1.29 is 9.53 Å². The number of nitrogens with zero attached hydrogens (tertiary/aromatic N) is 1. The van der Waals surface area contributed by atoms with Gasteiger partial charge in [-0.05, 0) is 49.2 Å². The van der Waals surface area contributed by atoms with Crippen LogP contribution in [-0.4, -0.2) is 32.2 Å². The van der Waals surface area contributed by atoms with Crippen LogP contribution in [0.5, 0.6) is 0 Å². The first-order valence-electron chi connectivity index (χ1n) is 7.60. The lowest BCUT2D eigenvalue weighted by Gasteiger charge is -2.33. The first-order valence-corrected chi connectivity index (χ1v) is 8.79. The minimum atomic E-state index is -0.129. The topological polar surface area (TPSA) is 41.6 Å². The van der Waals surface area contributed by atoms with Gasteiger partial charge in [0.25, 0.3) is 5.91 Å². The number of benzene rings is 1. The van der Waals surface area contributed by atoms with Crippen molar-refractivity contribution in [3.8, 4) is 0 Å². The van der Waals surface area contributed by atoms with Crippen molar-refractivity contribution in [1.29, 1.82) is 0 Å². The van der Waals surface area contributed by atoms with Gasteiger partial charge in [0.1, 0.15) is 0 Å². The molecule has 0 unspecified atom stereocenters. The number of methoxy groups -OCH3 is 1. The highest BCUT2D eigenvalue weighted by molar-refractivity contribution is 7.18. The summed E-state index contributed by atoms with van der Waals surface area (Å²) in [6.07, 6.45) is 2.48. The number of hydrogen-bond acceptors (Lipinski definition) is 4. The molecule has 0 spiro atoms. The van der Waals surface area contributed by atoms with E-state index in [-0.39, 0.29) is 5.91 Å². The minimum absolute atomic E-state index is 0.129. The van der Waals surface area contributed by atoms with E-state index >= 15 is 0 Å². The standard InChI is InChI=1S/C17H19ClN2O2S/c1-22-14-8-10-20(11-9-14)13-4-2-12(3-5-13)19-17(21)15-6-7-16(18)23-15/h2-7,14H,8-11H2,1H3,(H,19,21). The Morgan fingerprint density at radius 3 is 2.48 bits per heavy atom. The number of anilines is 2. The predicted octanol–water partition coefficient (Wildman–Crippen LogP) is 4.27. The van der Waals surface area contributed by atoms with E-state index in [4.69, 9.17) is 16.3 Å². The highest BCUT2D eigenvalue weighted by Crippen LogP contribution is 2.25. The quantitative estimate of drug-likeness (QED) is 0.895. The van der Waals surface area contributed by atoms with Crippen LogP contribution in [0.3, 0.4) is 0 Å². The van der Waals surface area contributed by atoms with Gasteiger partial charge in [0.05, 0.1) is 15.3 Å². The predicted molar refractivity (Wildman–Crippen MR) is 96.0 cm³/mol. The van der Waals surface area contributed by atoms with E-state index in [0.29, 0.717) is 15.3 Å². The number of thiophene rings is 1. The molecule has 1 amide bonds. The fraction of sp³-hybridized carbons (Fsp3) is 0.353. The molecule has 1 N–H and O–H groups in total. The molecule has 1 fully saturated rings. The van der Waals surface area contributed by atoms with Crippen LogP contribution in [0.15, 0.2) is 36.4 Å². The molecule has 0 aliphatic carbocycles. The van der Waals surface area contributed by atoms with Crippen LogP contribution in [0.1, 0.15) is 22.5 Å². The third-order valence-electron chi connectivity index (χ3n) is 4.06. The molecule has 0 atom stereocenters. The summed E-state index contributed by atoms with van der Waals surface area (Å²) in [6, 6.07) is 11.4. The molecule has 1 saturated heterocycles. The summed E-state index contributed by atoms with van der Waals surface area (Å²) in [7, 11) is 1.78. The Hall–Kier alpha value is -1.56. The second kappa shape index (κ2) is 7.34. The Kier molecular flexibility index (Phi) is 5.20. The summed E-state index contributed by atoms with van der Waals surface area (Å²) in [5.41, 5.74) is 1.96. The molecule has 122 valence electrons. The molecule has 2 aromatic rings. The number of hydrogen-bond donors (Lipinski definition) is 1. The first kappa shape index (κ1) is 16.3. The molecule has 0 saturated carbocycles. The number of carbonyl (C=O) groups excluding carboxylic acids is 1. The fourth-order valence-electron chi connectivity index (χ4n) is 2.73. The molecule has 4 nitrogen and oxygen atoms in total. The van der Waals surface area contributed by atoms with Crippen LogP contribution in [0.2, 0.25) is 4.34 Å².